The van der Waals surface area contributed by atoms with E-state index in [2.05, 4.69) is 17.4 Å². The summed E-state index contributed by atoms with van der Waals surface area (Å²) in [5, 5.41) is 0. The third-order valence-corrected chi connectivity index (χ3v) is 6.02. The molecular weight excluding hydrogens is 316 g/mol. The second-order valence-electron chi connectivity index (χ2n) is 4.94. The zero-order valence-corrected chi connectivity index (χ0v) is 14.0. The van der Waals surface area contributed by atoms with Gasteiger partial charge in [0.25, 0.3) is 10.0 Å². The fourth-order valence-electron chi connectivity index (χ4n) is 2.41. The Labute approximate surface area is 133 Å². The van der Waals surface area contributed by atoms with Crippen molar-refractivity contribution in [2.24, 2.45) is 11.4 Å². The second kappa shape index (κ2) is 5.70. The van der Waals surface area contributed by atoms with Crippen LogP contribution in [0.5, 0.6) is 0 Å². The van der Waals surface area contributed by atoms with E-state index in [1.165, 1.54) is 16.9 Å². The number of nitrogens with zero attached hydrogens (tertiary/aromatic N) is 2. The standard InChI is InChI=1S/C16H16N2O2S2/c1-3-12-8-7-11-14-15(12)18(2)16(21-14)17-22(19,20)13-9-5-4-6-10-13/h4-11H,3H2,1-2H3. The predicted octanol–water partition coefficient (Wildman–Crippen LogP) is 3.09. The van der Waals surface area contributed by atoms with E-state index in [1.807, 2.05) is 23.7 Å². The molecule has 3 aromatic rings. The lowest BCUT2D eigenvalue weighted by molar-refractivity contribution is 0.596. The van der Waals surface area contributed by atoms with Crippen molar-refractivity contribution in [3.8, 4) is 0 Å². The number of rotatable bonds is 3. The molecule has 0 aliphatic carbocycles. The van der Waals surface area contributed by atoms with Crippen molar-refractivity contribution in [3.05, 3.63) is 58.9 Å². The summed E-state index contributed by atoms with van der Waals surface area (Å²) in [6.45, 7) is 2.09. The summed E-state index contributed by atoms with van der Waals surface area (Å²) in [5.74, 6) is 0. The molecule has 4 nitrogen and oxygen atoms in total. The largest absolute Gasteiger partial charge is 0.319 e. The number of fused-ring (bicyclic) bond motifs is 1. The highest BCUT2D eigenvalue weighted by Gasteiger charge is 2.14. The molecule has 0 spiro atoms. The number of aryl methyl sites for hydroxylation is 2. The Morgan fingerprint density at radius 1 is 1.09 bits per heavy atom. The van der Waals surface area contributed by atoms with Crippen molar-refractivity contribution in [1.29, 1.82) is 0 Å². The maximum absolute atomic E-state index is 12.4. The summed E-state index contributed by atoms with van der Waals surface area (Å²) in [6, 6.07) is 14.3. The van der Waals surface area contributed by atoms with Gasteiger partial charge in [-0.2, -0.15) is 8.42 Å². The summed E-state index contributed by atoms with van der Waals surface area (Å²) >= 11 is 1.39. The molecule has 0 saturated heterocycles. The fourth-order valence-corrected chi connectivity index (χ4v) is 4.72. The van der Waals surface area contributed by atoms with Crippen molar-refractivity contribution in [2.45, 2.75) is 18.2 Å². The molecule has 0 aliphatic rings. The van der Waals surface area contributed by atoms with E-state index in [-0.39, 0.29) is 4.90 Å². The first-order valence-corrected chi connectivity index (χ1v) is 9.22. The zero-order valence-electron chi connectivity index (χ0n) is 12.4. The first-order chi connectivity index (χ1) is 10.5. The molecule has 0 aliphatic heterocycles. The number of hydrogen-bond acceptors (Lipinski definition) is 3. The van der Waals surface area contributed by atoms with Crippen LogP contribution in [0.3, 0.4) is 0 Å². The number of benzene rings is 2. The van der Waals surface area contributed by atoms with E-state index in [4.69, 9.17) is 0 Å². The van der Waals surface area contributed by atoms with E-state index in [0.29, 0.717) is 4.80 Å². The van der Waals surface area contributed by atoms with Crippen LogP contribution < -0.4 is 4.80 Å². The van der Waals surface area contributed by atoms with Crippen LogP contribution in [0.15, 0.2) is 57.8 Å². The Kier molecular flexibility index (Phi) is 3.88. The first-order valence-electron chi connectivity index (χ1n) is 6.96. The minimum absolute atomic E-state index is 0.211. The van der Waals surface area contributed by atoms with E-state index < -0.39 is 10.0 Å². The summed E-state index contributed by atoms with van der Waals surface area (Å²) in [6.07, 6.45) is 0.896. The lowest BCUT2D eigenvalue weighted by atomic mass is 10.1. The monoisotopic (exact) mass is 332 g/mol. The summed E-state index contributed by atoms with van der Waals surface area (Å²) in [5.41, 5.74) is 2.24. The summed E-state index contributed by atoms with van der Waals surface area (Å²) < 4.78 is 31.8. The molecule has 3 rings (SSSR count). The van der Waals surface area contributed by atoms with Crippen molar-refractivity contribution >= 4 is 31.6 Å². The molecule has 6 heteroatoms. The van der Waals surface area contributed by atoms with Crippen molar-refractivity contribution in [3.63, 3.8) is 0 Å². The van der Waals surface area contributed by atoms with Gasteiger partial charge in [0.05, 0.1) is 15.1 Å². The van der Waals surface area contributed by atoms with Gasteiger partial charge < -0.3 is 4.57 Å². The molecule has 0 amide bonds. The Bertz CT molecular complexity index is 984. The number of para-hydroxylation sites is 1. The second-order valence-corrected chi connectivity index (χ2v) is 7.55. The predicted molar refractivity (Wildman–Crippen MR) is 89.4 cm³/mol. The highest BCUT2D eigenvalue weighted by atomic mass is 32.2. The molecule has 0 bridgehead atoms. The van der Waals surface area contributed by atoms with Gasteiger partial charge in [0, 0.05) is 7.05 Å². The molecule has 1 aromatic heterocycles. The van der Waals surface area contributed by atoms with Gasteiger partial charge >= 0.3 is 0 Å². The fraction of sp³-hybridized carbons (Fsp3) is 0.188. The van der Waals surface area contributed by atoms with Crippen LogP contribution in [-0.4, -0.2) is 13.0 Å². The number of sulfonamides is 1. The zero-order chi connectivity index (χ0) is 15.7. The minimum Gasteiger partial charge on any atom is -0.319 e. The molecular formula is C16H16N2O2S2. The van der Waals surface area contributed by atoms with Crippen LogP contribution in [0, 0.1) is 0 Å². The average molecular weight is 332 g/mol. The van der Waals surface area contributed by atoms with Gasteiger partial charge in [-0.1, -0.05) is 48.6 Å². The Morgan fingerprint density at radius 3 is 2.50 bits per heavy atom. The molecule has 1 heterocycles. The van der Waals surface area contributed by atoms with Gasteiger partial charge in [-0.15, -0.1) is 4.40 Å². The van der Waals surface area contributed by atoms with Crippen LogP contribution in [-0.2, 0) is 23.5 Å². The van der Waals surface area contributed by atoms with Gasteiger partial charge in [-0.3, -0.25) is 0 Å². The number of thiazole rings is 1. The SMILES string of the molecule is CCc1cccc2sc(=NS(=O)(=O)c3ccccc3)n(C)c12. The van der Waals surface area contributed by atoms with Crippen molar-refractivity contribution in [2.75, 3.05) is 0 Å². The molecule has 0 N–H and O–H groups in total. The minimum atomic E-state index is -3.69. The van der Waals surface area contributed by atoms with E-state index in [9.17, 15) is 8.42 Å². The van der Waals surface area contributed by atoms with Crippen LogP contribution >= 0.6 is 11.3 Å². The van der Waals surface area contributed by atoms with E-state index in [0.717, 1.165) is 16.6 Å². The smallest absolute Gasteiger partial charge is 0.285 e. The van der Waals surface area contributed by atoms with Crippen LogP contribution in [0.2, 0.25) is 0 Å². The van der Waals surface area contributed by atoms with Gasteiger partial charge in [-0.25, -0.2) is 0 Å². The third-order valence-electron chi connectivity index (χ3n) is 3.53. The van der Waals surface area contributed by atoms with Crippen molar-refractivity contribution < 1.29 is 8.42 Å². The average Bonchev–Trinajstić information content (AvgIpc) is 2.84. The Morgan fingerprint density at radius 2 is 1.82 bits per heavy atom. The maximum atomic E-state index is 12.4. The quantitative estimate of drug-likeness (QED) is 0.740. The molecule has 22 heavy (non-hydrogen) atoms. The highest BCUT2D eigenvalue weighted by molar-refractivity contribution is 7.90. The summed E-state index contributed by atoms with van der Waals surface area (Å²) in [4.78, 5) is 0.697. The molecule has 0 unspecified atom stereocenters. The van der Waals surface area contributed by atoms with Crippen LogP contribution in [0.1, 0.15) is 12.5 Å². The molecule has 2 aromatic carbocycles. The van der Waals surface area contributed by atoms with Crippen LogP contribution in [0.25, 0.3) is 10.2 Å². The molecule has 0 fully saturated rings. The van der Waals surface area contributed by atoms with Gasteiger partial charge in [0.1, 0.15) is 0 Å². The van der Waals surface area contributed by atoms with Gasteiger partial charge in [-0.05, 0) is 30.2 Å². The molecule has 114 valence electrons. The Balaban J connectivity index is 2.25. The lowest BCUT2D eigenvalue weighted by Crippen LogP contribution is -2.14. The summed E-state index contributed by atoms with van der Waals surface area (Å²) in [7, 11) is -1.83. The Hall–Kier alpha value is -1.92. The van der Waals surface area contributed by atoms with Crippen LogP contribution in [0.4, 0.5) is 0 Å². The van der Waals surface area contributed by atoms with Gasteiger partial charge in [0.2, 0.25) is 4.80 Å². The normalized spacial score (nSPS) is 12.9. The van der Waals surface area contributed by atoms with Gasteiger partial charge in [0.15, 0.2) is 0 Å². The number of hydrogen-bond donors (Lipinski definition) is 0. The van der Waals surface area contributed by atoms with E-state index in [1.54, 1.807) is 30.3 Å². The third kappa shape index (κ3) is 2.60. The van der Waals surface area contributed by atoms with Crippen molar-refractivity contribution in [1.82, 2.24) is 4.57 Å². The topological polar surface area (TPSA) is 51.4 Å². The molecule has 0 saturated carbocycles. The first kappa shape index (κ1) is 15.0. The molecule has 0 radical (unpaired) electrons. The highest BCUT2D eigenvalue weighted by Crippen LogP contribution is 2.21. The number of aromatic nitrogens is 1. The molecule has 0 atom stereocenters. The lowest BCUT2D eigenvalue weighted by Gasteiger charge is -2.02. The maximum Gasteiger partial charge on any atom is 0.285 e. The van der Waals surface area contributed by atoms with E-state index >= 15 is 0 Å².